The minimum atomic E-state index is -0.523. The fourth-order valence-corrected chi connectivity index (χ4v) is 2.53. The van der Waals surface area contributed by atoms with Crippen molar-refractivity contribution >= 4 is 5.91 Å². The van der Waals surface area contributed by atoms with Gasteiger partial charge in [-0.1, -0.05) is 18.8 Å². The van der Waals surface area contributed by atoms with Crippen LogP contribution in [-0.4, -0.2) is 35.6 Å². The third-order valence-corrected chi connectivity index (χ3v) is 3.82. The Morgan fingerprint density at radius 2 is 2.24 bits per heavy atom. The number of halogens is 1. The first-order valence-electron chi connectivity index (χ1n) is 7.30. The maximum Gasteiger partial charge on any atom is 0.253 e. The fraction of sp³-hybridized carbons (Fsp3) is 0.471. The van der Waals surface area contributed by atoms with E-state index in [0.29, 0.717) is 11.5 Å². The number of aliphatic hydroxyl groups excluding tert-OH is 1. The van der Waals surface area contributed by atoms with E-state index >= 15 is 0 Å². The number of carbonyl (C=O) groups is 1. The molecule has 1 amide bonds. The van der Waals surface area contributed by atoms with Gasteiger partial charge in [-0.15, -0.1) is 0 Å². The number of aliphatic hydroxyl groups is 1. The van der Waals surface area contributed by atoms with Gasteiger partial charge in [0.15, 0.2) is 0 Å². The van der Waals surface area contributed by atoms with Crippen LogP contribution < -0.4 is 0 Å². The molecule has 2 rings (SSSR count). The summed E-state index contributed by atoms with van der Waals surface area (Å²) in [7, 11) is 0. The van der Waals surface area contributed by atoms with Gasteiger partial charge in [-0.05, 0) is 43.4 Å². The largest absolute Gasteiger partial charge is 0.384 e. The first-order chi connectivity index (χ1) is 10.1. The third-order valence-electron chi connectivity index (χ3n) is 3.82. The Morgan fingerprint density at radius 3 is 2.95 bits per heavy atom. The highest BCUT2D eigenvalue weighted by atomic mass is 19.1. The summed E-state index contributed by atoms with van der Waals surface area (Å²) in [5, 5.41) is 8.62. The predicted octanol–water partition coefficient (Wildman–Crippen LogP) is 2.43. The van der Waals surface area contributed by atoms with Crippen LogP contribution in [0.25, 0.3) is 0 Å². The standard InChI is InChI=1S/C17H20FNO2/c1-13-4-2-9-19(10-8-13)17(21)15-7-6-14(5-3-11-20)16(18)12-15/h6-7,12-13,20H,2,4,8-11H2,1H3. The fourth-order valence-electron chi connectivity index (χ4n) is 2.53. The molecule has 1 atom stereocenters. The summed E-state index contributed by atoms with van der Waals surface area (Å²) in [6.45, 7) is 3.35. The van der Waals surface area contributed by atoms with E-state index in [9.17, 15) is 9.18 Å². The van der Waals surface area contributed by atoms with E-state index in [2.05, 4.69) is 18.8 Å². The zero-order chi connectivity index (χ0) is 15.2. The maximum atomic E-state index is 13.9. The predicted molar refractivity (Wildman–Crippen MR) is 79.3 cm³/mol. The molecule has 1 N–H and O–H groups in total. The Morgan fingerprint density at radius 1 is 1.43 bits per heavy atom. The van der Waals surface area contributed by atoms with Crippen molar-refractivity contribution in [1.29, 1.82) is 0 Å². The monoisotopic (exact) mass is 289 g/mol. The van der Waals surface area contributed by atoms with Gasteiger partial charge in [-0.2, -0.15) is 0 Å². The van der Waals surface area contributed by atoms with Crippen LogP contribution in [-0.2, 0) is 0 Å². The highest BCUT2D eigenvalue weighted by Crippen LogP contribution is 2.19. The highest BCUT2D eigenvalue weighted by molar-refractivity contribution is 5.94. The summed E-state index contributed by atoms with van der Waals surface area (Å²) >= 11 is 0. The normalized spacial score (nSPS) is 18.6. The minimum absolute atomic E-state index is 0.121. The number of nitrogens with zero attached hydrogens (tertiary/aromatic N) is 1. The molecule has 4 heteroatoms. The molecule has 0 aromatic heterocycles. The molecule has 1 aliphatic rings. The molecule has 1 unspecified atom stereocenters. The van der Waals surface area contributed by atoms with Crippen LogP contribution in [0.15, 0.2) is 18.2 Å². The van der Waals surface area contributed by atoms with E-state index in [1.165, 1.54) is 12.1 Å². The van der Waals surface area contributed by atoms with E-state index < -0.39 is 5.82 Å². The molecule has 1 aliphatic heterocycles. The van der Waals surface area contributed by atoms with Crippen molar-refractivity contribution in [3.05, 3.63) is 35.1 Å². The zero-order valence-corrected chi connectivity index (χ0v) is 12.2. The van der Waals surface area contributed by atoms with Crippen molar-refractivity contribution in [3.63, 3.8) is 0 Å². The molecule has 0 spiro atoms. The van der Waals surface area contributed by atoms with Crippen LogP contribution in [0.4, 0.5) is 4.39 Å². The van der Waals surface area contributed by atoms with Crippen LogP contribution in [0.3, 0.4) is 0 Å². The van der Waals surface area contributed by atoms with Crippen molar-refractivity contribution in [2.45, 2.75) is 26.2 Å². The average molecular weight is 289 g/mol. The number of likely N-dealkylation sites (tertiary alicyclic amines) is 1. The molecule has 1 fully saturated rings. The Hall–Kier alpha value is -1.86. The summed E-state index contributed by atoms with van der Waals surface area (Å²) in [6.07, 6.45) is 3.12. The van der Waals surface area contributed by atoms with Crippen molar-refractivity contribution in [3.8, 4) is 11.8 Å². The van der Waals surface area contributed by atoms with E-state index in [1.54, 1.807) is 11.0 Å². The summed E-state index contributed by atoms with van der Waals surface area (Å²) in [6, 6.07) is 4.32. The van der Waals surface area contributed by atoms with E-state index in [4.69, 9.17) is 5.11 Å². The van der Waals surface area contributed by atoms with Gasteiger partial charge >= 0.3 is 0 Å². The minimum Gasteiger partial charge on any atom is -0.384 e. The topological polar surface area (TPSA) is 40.5 Å². The van der Waals surface area contributed by atoms with Crippen LogP contribution in [0.2, 0.25) is 0 Å². The molecule has 1 aromatic rings. The van der Waals surface area contributed by atoms with Crippen molar-refractivity contribution in [2.75, 3.05) is 19.7 Å². The lowest BCUT2D eigenvalue weighted by Crippen LogP contribution is -2.32. The first-order valence-corrected chi connectivity index (χ1v) is 7.30. The van der Waals surface area contributed by atoms with Crippen molar-refractivity contribution < 1.29 is 14.3 Å². The molecule has 0 aliphatic carbocycles. The second kappa shape index (κ2) is 7.24. The summed E-state index contributed by atoms with van der Waals surface area (Å²) in [5.41, 5.74) is 0.557. The number of benzene rings is 1. The molecule has 0 saturated carbocycles. The lowest BCUT2D eigenvalue weighted by atomic mass is 10.0. The van der Waals surface area contributed by atoms with Gasteiger partial charge in [0.25, 0.3) is 5.91 Å². The first kappa shape index (κ1) is 15.5. The molecule has 3 nitrogen and oxygen atoms in total. The van der Waals surface area contributed by atoms with E-state index in [0.717, 1.165) is 32.4 Å². The van der Waals surface area contributed by atoms with Crippen molar-refractivity contribution in [1.82, 2.24) is 4.90 Å². The lowest BCUT2D eigenvalue weighted by Gasteiger charge is -2.20. The van der Waals surface area contributed by atoms with Crippen LogP contribution in [0.5, 0.6) is 0 Å². The van der Waals surface area contributed by atoms with E-state index in [1.807, 2.05) is 0 Å². The SMILES string of the molecule is CC1CCCN(C(=O)c2ccc(C#CCO)c(F)c2)CC1. The van der Waals surface area contributed by atoms with Gasteiger partial charge in [-0.25, -0.2) is 4.39 Å². The van der Waals surface area contributed by atoms with Crippen molar-refractivity contribution in [2.24, 2.45) is 5.92 Å². The second-order valence-electron chi connectivity index (χ2n) is 5.48. The molecule has 21 heavy (non-hydrogen) atoms. The van der Waals surface area contributed by atoms with Gasteiger partial charge in [0, 0.05) is 18.7 Å². The summed E-state index contributed by atoms with van der Waals surface area (Å²) in [5.74, 6) is 4.92. The Bertz CT molecular complexity index is 574. The van der Waals surface area contributed by atoms with Crippen LogP contribution in [0.1, 0.15) is 42.1 Å². The number of carbonyl (C=O) groups excluding carboxylic acids is 1. The summed E-state index contributed by atoms with van der Waals surface area (Å²) < 4.78 is 13.9. The molecule has 1 aromatic carbocycles. The van der Waals surface area contributed by atoms with Gasteiger partial charge in [-0.3, -0.25) is 4.79 Å². The Labute approximate surface area is 124 Å². The quantitative estimate of drug-likeness (QED) is 0.807. The summed E-state index contributed by atoms with van der Waals surface area (Å²) in [4.78, 5) is 14.2. The van der Waals surface area contributed by atoms with Gasteiger partial charge in [0.05, 0.1) is 5.56 Å². The molecule has 112 valence electrons. The van der Waals surface area contributed by atoms with Gasteiger partial charge in [0.2, 0.25) is 0 Å². The third kappa shape index (κ3) is 4.05. The molecule has 0 radical (unpaired) electrons. The lowest BCUT2D eigenvalue weighted by molar-refractivity contribution is 0.0760. The molecule has 1 heterocycles. The number of hydrogen-bond donors (Lipinski definition) is 1. The smallest absolute Gasteiger partial charge is 0.253 e. The molecular weight excluding hydrogens is 269 g/mol. The second-order valence-corrected chi connectivity index (χ2v) is 5.48. The maximum absolute atomic E-state index is 13.9. The van der Waals surface area contributed by atoms with Crippen LogP contribution >= 0.6 is 0 Å². The van der Waals surface area contributed by atoms with E-state index in [-0.39, 0.29) is 18.1 Å². The number of amides is 1. The highest BCUT2D eigenvalue weighted by Gasteiger charge is 2.20. The molecule has 1 saturated heterocycles. The molecular formula is C17H20FNO2. The zero-order valence-electron chi connectivity index (χ0n) is 12.2. The average Bonchev–Trinajstić information content (AvgIpc) is 2.70. The molecule has 0 bridgehead atoms. The number of hydrogen-bond acceptors (Lipinski definition) is 2. The Kier molecular flexibility index (Phi) is 5.35. The van der Waals surface area contributed by atoms with Gasteiger partial charge < -0.3 is 10.0 Å². The Balaban J connectivity index is 2.14. The van der Waals surface area contributed by atoms with Crippen LogP contribution in [0, 0.1) is 23.6 Å². The number of rotatable bonds is 1. The van der Waals surface area contributed by atoms with Gasteiger partial charge in [0.1, 0.15) is 12.4 Å².